The molecular weight excluding hydrogens is 244 g/mol. The maximum absolute atomic E-state index is 5.91. The van der Waals surface area contributed by atoms with Crippen LogP contribution in [0.25, 0.3) is 0 Å². The molecule has 1 heteroatoms. The molecule has 2 aromatic carbocycles. The van der Waals surface area contributed by atoms with E-state index < -0.39 is 0 Å². The van der Waals surface area contributed by atoms with Gasteiger partial charge < -0.3 is 4.74 Å². The number of hydrogen-bond acceptors (Lipinski definition) is 1. The van der Waals surface area contributed by atoms with Crippen LogP contribution in [-0.4, -0.2) is 12.7 Å². The molecule has 20 heavy (non-hydrogen) atoms. The standard InChI is InChI=1S/C19H24O/c1-4-20-19(13-17-9-5-15(2)6-10-17)14-18-11-7-16(3)8-12-18/h5-12,19H,4,13-14H2,1-3H3. The van der Waals surface area contributed by atoms with Crippen molar-refractivity contribution < 1.29 is 4.74 Å². The van der Waals surface area contributed by atoms with Gasteiger partial charge in [-0.2, -0.15) is 0 Å². The molecule has 0 bridgehead atoms. The van der Waals surface area contributed by atoms with Gasteiger partial charge in [-0.25, -0.2) is 0 Å². The lowest BCUT2D eigenvalue weighted by molar-refractivity contribution is 0.0636. The zero-order valence-corrected chi connectivity index (χ0v) is 12.7. The molecule has 0 aliphatic heterocycles. The smallest absolute Gasteiger partial charge is 0.0655 e. The van der Waals surface area contributed by atoms with Gasteiger partial charge in [-0.1, -0.05) is 59.7 Å². The van der Waals surface area contributed by atoms with E-state index in [-0.39, 0.29) is 6.10 Å². The molecule has 0 spiro atoms. The first kappa shape index (κ1) is 14.8. The fourth-order valence-corrected chi connectivity index (χ4v) is 2.40. The number of aryl methyl sites for hydroxylation is 2. The zero-order chi connectivity index (χ0) is 14.4. The van der Waals surface area contributed by atoms with E-state index in [2.05, 4.69) is 69.3 Å². The lowest BCUT2D eigenvalue weighted by atomic mass is 10.00. The number of benzene rings is 2. The topological polar surface area (TPSA) is 9.23 Å². The van der Waals surface area contributed by atoms with Crippen LogP contribution in [0.5, 0.6) is 0 Å². The lowest BCUT2D eigenvalue weighted by Gasteiger charge is -2.17. The van der Waals surface area contributed by atoms with E-state index in [1.165, 1.54) is 22.3 Å². The summed E-state index contributed by atoms with van der Waals surface area (Å²) in [4.78, 5) is 0. The Labute approximate surface area is 122 Å². The average Bonchev–Trinajstić information content (AvgIpc) is 2.44. The van der Waals surface area contributed by atoms with Crippen LogP contribution < -0.4 is 0 Å². The number of ether oxygens (including phenoxy) is 1. The van der Waals surface area contributed by atoms with Crippen molar-refractivity contribution in [3.63, 3.8) is 0 Å². The summed E-state index contributed by atoms with van der Waals surface area (Å²) >= 11 is 0. The molecule has 106 valence electrons. The first-order valence-electron chi connectivity index (χ1n) is 7.40. The second-order valence-corrected chi connectivity index (χ2v) is 5.46. The normalized spacial score (nSPS) is 11.0. The van der Waals surface area contributed by atoms with Crippen LogP contribution in [0.3, 0.4) is 0 Å². The van der Waals surface area contributed by atoms with E-state index in [0.29, 0.717) is 0 Å². The Bertz CT molecular complexity index is 463. The van der Waals surface area contributed by atoms with Crippen LogP contribution in [0.15, 0.2) is 48.5 Å². The van der Waals surface area contributed by atoms with Crippen LogP contribution in [0, 0.1) is 13.8 Å². The first-order chi connectivity index (χ1) is 9.67. The van der Waals surface area contributed by atoms with Crippen molar-refractivity contribution in [1.29, 1.82) is 0 Å². The van der Waals surface area contributed by atoms with Gasteiger partial charge in [0.05, 0.1) is 6.10 Å². The van der Waals surface area contributed by atoms with Crippen LogP contribution >= 0.6 is 0 Å². The monoisotopic (exact) mass is 268 g/mol. The predicted octanol–water partition coefficient (Wildman–Crippen LogP) is 4.49. The third-order valence-corrected chi connectivity index (χ3v) is 3.57. The van der Waals surface area contributed by atoms with Gasteiger partial charge in [-0.05, 0) is 44.7 Å². The Morgan fingerprint density at radius 3 is 1.50 bits per heavy atom. The minimum absolute atomic E-state index is 0.255. The third-order valence-electron chi connectivity index (χ3n) is 3.57. The van der Waals surface area contributed by atoms with Crippen LogP contribution in [0.2, 0.25) is 0 Å². The highest BCUT2D eigenvalue weighted by molar-refractivity contribution is 5.24. The zero-order valence-electron chi connectivity index (χ0n) is 12.7. The highest BCUT2D eigenvalue weighted by Gasteiger charge is 2.10. The maximum atomic E-state index is 5.91. The molecule has 0 saturated heterocycles. The molecule has 0 atom stereocenters. The van der Waals surface area contributed by atoms with E-state index in [4.69, 9.17) is 4.74 Å². The lowest BCUT2D eigenvalue weighted by Crippen LogP contribution is -2.19. The predicted molar refractivity (Wildman–Crippen MR) is 85.2 cm³/mol. The van der Waals surface area contributed by atoms with E-state index in [1.807, 2.05) is 0 Å². The molecule has 0 radical (unpaired) electrons. The highest BCUT2D eigenvalue weighted by atomic mass is 16.5. The van der Waals surface area contributed by atoms with Crippen LogP contribution in [-0.2, 0) is 17.6 Å². The average molecular weight is 268 g/mol. The van der Waals surface area contributed by atoms with Crippen molar-refractivity contribution in [3.8, 4) is 0 Å². The second-order valence-electron chi connectivity index (χ2n) is 5.46. The van der Waals surface area contributed by atoms with Crippen LogP contribution in [0.1, 0.15) is 29.2 Å². The number of rotatable bonds is 6. The molecule has 0 fully saturated rings. The Kier molecular flexibility index (Phi) is 5.37. The van der Waals surface area contributed by atoms with Crippen molar-refractivity contribution in [2.75, 3.05) is 6.61 Å². The van der Waals surface area contributed by atoms with Gasteiger partial charge in [0.1, 0.15) is 0 Å². The molecule has 0 amide bonds. The minimum Gasteiger partial charge on any atom is -0.378 e. The Balaban J connectivity index is 2.02. The van der Waals surface area contributed by atoms with Crippen molar-refractivity contribution >= 4 is 0 Å². The molecular formula is C19H24O. The molecule has 0 heterocycles. The summed E-state index contributed by atoms with van der Waals surface area (Å²) in [6.45, 7) is 7.08. The van der Waals surface area contributed by atoms with Gasteiger partial charge in [0.25, 0.3) is 0 Å². The molecule has 0 aromatic heterocycles. The molecule has 0 N–H and O–H groups in total. The molecule has 0 aliphatic rings. The van der Waals surface area contributed by atoms with E-state index in [9.17, 15) is 0 Å². The summed E-state index contributed by atoms with van der Waals surface area (Å²) in [6.07, 6.45) is 2.20. The van der Waals surface area contributed by atoms with E-state index in [0.717, 1.165) is 19.4 Å². The molecule has 1 nitrogen and oxygen atoms in total. The summed E-state index contributed by atoms with van der Waals surface area (Å²) in [5.41, 5.74) is 5.31. The quantitative estimate of drug-likeness (QED) is 0.750. The van der Waals surface area contributed by atoms with Gasteiger partial charge in [0.2, 0.25) is 0 Å². The van der Waals surface area contributed by atoms with Crippen molar-refractivity contribution in [3.05, 3.63) is 70.8 Å². The third kappa shape index (κ3) is 4.50. The fraction of sp³-hybridized carbons (Fsp3) is 0.368. The van der Waals surface area contributed by atoms with Gasteiger partial charge >= 0.3 is 0 Å². The summed E-state index contributed by atoms with van der Waals surface area (Å²) in [5.74, 6) is 0. The van der Waals surface area contributed by atoms with Crippen molar-refractivity contribution in [2.45, 2.75) is 39.7 Å². The summed E-state index contributed by atoms with van der Waals surface area (Å²) in [7, 11) is 0. The SMILES string of the molecule is CCOC(Cc1ccc(C)cc1)Cc1ccc(C)cc1. The van der Waals surface area contributed by atoms with E-state index in [1.54, 1.807) is 0 Å². The Morgan fingerprint density at radius 1 is 0.750 bits per heavy atom. The highest BCUT2D eigenvalue weighted by Crippen LogP contribution is 2.14. The Hall–Kier alpha value is -1.60. The van der Waals surface area contributed by atoms with Gasteiger partial charge in [0, 0.05) is 6.61 Å². The molecule has 2 rings (SSSR count). The largest absolute Gasteiger partial charge is 0.378 e. The molecule has 2 aromatic rings. The molecule has 0 aliphatic carbocycles. The minimum atomic E-state index is 0.255. The summed E-state index contributed by atoms with van der Waals surface area (Å²) in [5, 5.41) is 0. The second kappa shape index (κ2) is 7.25. The van der Waals surface area contributed by atoms with Gasteiger partial charge in [-0.3, -0.25) is 0 Å². The molecule has 0 unspecified atom stereocenters. The summed E-state index contributed by atoms with van der Waals surface area (Å²) in [6, 6.07) is 17.5. The fourth-order valence-electron chi connectivity index (χ4n) is 2.40. The Morgan fingerprint density at radius 2 is 1.15 bits per heavy atom. The van der Waals surface area contributed by atoms with Gasteiger partial charge in [-0.15, -0.1) is 0 Å². The van der Waals surface area contributed by atoms with Gasteiger partial charge in [0.15, 0.2) is 0 Å². The van der Waals surface area contributed by atoms with Crippen LogP contribution in [0.4, 0.5) is 0 Å². The maximum Gasteiger partial charge on any atom is 0.0655 e. The number of hydrogen-bond donors (Lipinski definition) is 0. The van der Waals surface area contributed by atoms with Crippen molar-refractivity contribution in [1.82, 2.24) is 0 Å². The van der Waals surface area contributed by atoms with Crippen molar-refractivity contribution in [2.24, 2.45) is 0 Å². The van der Waals surface area contributed by atoms with E-state index >= 15 is 0 Å². The summed E-state index contributed by atoms with van der Waals surface area (Å²) < 4.78 is 5.91. The molecule has 0 saturated carbocycles. The first-order valence-corrected chi connectivity index (χ1v) is 7.40.